The molecule has 5 heteroatoms. The molecule has 17 heavy (non-hydrogen) atoms. The molecule has 0 fully saturated rings. The zero-order valence-electron chi connectivity index (χ0n) is 10.8. The number of anilines is 1. The Balaban J connectivity index is 2.83. The number of carbonyl (C=O) groups is 1. The third kappa shape index (κ3) is 3.17. The van der Waals surface area contributed by atoms with Crippen LogP contribution in [0.15, 0.2) is 12.3 Å². The van der Waals surface area contributed by atoms with E-state index in [9.17, 15) is 4.79 Å². The molecule has 1 amide bonds. The highest BCUT2D eigenvalue weighted by Crippen LogP contribution is 2.19. The van der Waals surface area contributed by atoms with E-state index >= 15 is 0 Å². The number of hydrogen-bond acceptors (Lipinski definition) is 4. The van der Waals surface area contributed by atoms with E-state index in [2.05, 4.69) is 10.3 Å². The molecule has 0 atom stereocenters. The highest BCUT2D eigenvalue weighted by atomic mass is 16.5. The van der Waals surface area contributed by atoms with E-state index < -0.39 is 5.60 Å². The monoisotopic (exact) mass is 238 g/mol. The van der Waals surface area contributed by atoms with Crippen molar-refractivity contribution in [3.63, 3.8) is 0 Å². The predicted molar refractivity (Wildman–Crippen MR) is 65.2 cm³/mol. The second kappa shape index (κ2) is 5.14. The summed E-state index contributed by atoms with van der Waals surface area (Å²) in [5.41, 5.74) is 0.618. The number of carbonyl (C=O) groups excluding carboxylic acids is 1. The zero-order chi connectivity index (χ0) is 13.1. The molecule has 0 aromatic carbocycles. The Bertz CT molecular complexity index is 416. The van der Waals surface area contributed by atoms with Gasteiger partial charge in [0, 0.05) is 12.7 Å². The Labute approximate surface area is 101 Å². The first-order valence-corrected chi connectivity index (χ1v) is 5.28. The van der Waals surface area contributed by atoms with Gasteiger partial charge in [0.1, 0.15) is 5.60 Å². The van der Waals surface area contributed by atoms with E-state index in [1.165, 1.54) is 7.11 Å². The topological polar surface area (TPSA) is 60.5 Å². The lowest BCUT2D eigenvalue weighted by Gasteiger charge is -2.21. The van der Waals surface area contributed by atoms with E-state index in [-0.39, 0.29) is 5.91 Å². The molecule has 5 nitrogen and oxygen atoms in total. The number of nitrogens with one attached hydrogen (secondary N) is 1. The third-order valence-electron chi connectivity index (χ3n) is 2.54. The minimum atomic E-state index is -0.867. The number of amides is 1. The van der Waals surface area contributed by atoms with Crippen LogP contribution in [0.2, 0.25) is 0 Å². The SMILES string of the molecule is COc1ncc(NC(=O)C(C)(C)OC)cc1C. The van der Waals surface area contributed by atoms with Crippen molar-refractivity contribution in [2.75, 3.05) is 19.5 Å². The van der Waals surface area contributed by atoms with Gasteiger partial charge in [0.2, 0.25) is 5.88 Å². The molecule has 0 spiro atoms. The standard InChI is InChI=1S/C12H18N2O3/c1-8-6-9(7-13-10(8)16-4)14-11(15)12(2,3)17-5/h6-7H,1-5H3,(H,14,15). The summed E-state index contributed by atoms with van der Waals surface area (Å²) in [5, 5.41) is 2.74. The number of rotatable bonds is 4. The molecule has 1 heterocycles. The molecule has 0 radical (unpaired) electrons. The van der Waals surface area contributed by atoms with Crippen molar-refractivity contribution in [3.8, 4) is 5.88 Å². The summed E-state index contributed by atoms with van der Waals surface area (Å²) in [6, 6.07) is 1.80. The van der Waals surface area contributed by atoms with E-state index in [4.69, 9.17) is 9.47 Å². The molecule has 1 N–H and O–H groups in total. The number of hydrogen-bond donors (Lipinski definition) is 1. The third-order valence-corrected chi connectivity index (χ3v) is 2.54. The molecule has 0 unspecified atom stereocenters. The van der Waals surface area contributed by atoms with Gasteiger partial charge in [0.05, 0.1) is 19.0 Å². The molecule has 0 aliphatic carbocycles. The quantitative estimate of drug-likeness (QED) is 0.868. The fourth-order valence-electron chi connectivity index (χ4n) is 1.22. The van der Waals surface area contributed by atoms with Crippen LogP contribution in [-0.2, 0) is 9.53 Å². The maximum Gasteiger partial charge on any atom is 0.256 e. The predicted octanol–water partition coefficient (Wildman–Crippen LogP) is 1.76. The van der Waals surface area contributed by atoms with Crippen LogP contribution in [0.3, 0.4) is 0 Å². The molecule has 1 aromatic heterocycles. The molecule has 1 rings (SSSR count). The molecule has 0 saturated carbocycles. The molecule has 0 saturated heterocycles. The molecule has 0 aliphatic heterocycles. The van der Waals surface area contributed by atoms with Crippen LogP contribution < -0.4 is 10.1 Å². The Morgan fingerprint density at radius 3 is 2.53 bits per heavy atom. The van der Waals surface area contributed by atoms with Gasteiger partial charge in [0.15, 0.2) is 0 Å². The van der Waals surface area contributed by atoms with Crippen LogP contribution in [0.25, 0.3) is 0 Å². The van der Waals surface area contributed by atoms with Crippen molar-refractivity contribution < 1.29 is 14.3 Å². The first-order chi connectivity index (χ1) is 7.90. The van der Waals surface area contributed by atoms with Gasteiger partial charge in [-0.2, -0.15) is 0 Å². The fourth-order valence-corrected chi connectivity index (χ4v) is 1.22. The van der Waals surface area contributed by atoms with E-state index in [0.29, 0.717) is 11.6 Å². The van der Waals surface area contributed by atoms with Gasteiger partial charge in [-0.3, -0.25) is 4.79 Å². The normalized spacial score (nSPS) is 11.1. The lowest BCUT2D eigenvalue weighted by molar-refractivity contribution is -0.133. The Hall–Kier alpha value is -1.62. The Morgan fingerprint density at radius 1 is 1.41 bits per heavy atom. The molecule has 0 aliphatic rings. The van der Waals surface area contributed by atoms with E-state index in [1.807, 2.05) is 6.92 Å². The average molecular weight is 238 g/mol. The summed E-state index contributed by atoms with van der Waals surface area (Å²) in [6.45, 7) is 5.27. The minimum absolute atomic E-state index is 0.216. The van der Waals surface area contributed by atoms with Crippen LogP contribution in [0.1, 0.15) is 19.4 Å². The summed E-state index contributed by atoms with van der Waals surface area (Å²) < 4.78 is 10.1. The summed E-state index contributed by atoms with van der Waals surface area (Å²) in [5.74, 6) is 0.334. The van der Waals surface area contributed by atoms with Crippen LogP contribution in [0.5, 0.6) is 5.88 Å². The van der Waals surface area contributed by atoms with Crippen molar-refractivity contribution in [1.82, 2.24) is 4.98 Å². The maximum absolute atomic E-state index is 11.8. The van der Waals surface area contributed by atoms with Crippen LogP contribution in [-0.4, -0.2) is 30.7 Å². The number of aryl methyl sites for hydroxylation is 1. The van der Waals surface area contributed by atoms with Crippen molar-refractivity contribution in [2.45, 2.75) is 26.4 Å². The number of nitrogens with zero attached hydrogens (tertiary/aromatic N) is 1. The number of pyridine rings is 1. The summed E-state index contributed by atoms with van der Waals surface area (Å²) in [4.78, 5) is 15.9. The lowest BCUT2D eigenvalue weighted by Crippen LogP contribution is -2.38. The Kier molecular flexibility index (Phi) is 4.07. The largest absolute Gasteiger partial charge is 0.481 e. The first-order valence-electron chi connectivity index (χ1n) is 5.28. The van der Waals surface area contributed by atoms with E-state index in [0.717, 1.165) is 5.56 Å². The van der Waals surface area contributed by atoms with Gasteiger partial charge < -0.3 is 14.8 Å². The maximum atomic E-state index is 11.8. The van der Waals surface area contributed by atoms with E-state index in [1.54, 1.807) is 33.2 Å². The first kappa shape index (κ1) is 13.4. The molecular weight excluding hydrogens is 220 g/mol. The summed E-state index contributed by atoms with van der Waals surface area (Å²) >= 11 is 0. The highest BCUT2D eigenvalue weighted by molar-refractivity contribution is 5.96. The second-order valence-electron chi connectivity index (χ2n) is 4.22. The van der Waals surface area contributed by atoms with Crippen molar-refractivity contribution in [3.05, 3.63) is 17.8 Å². The van der Waals surface area contributed by atoms with Gasteiger partial charge in [-0.15, -0.1) is 0 Å². The molecular formula is C12H18N2O3. The second-order valence-corrected chi connectivity index (χ2v) is 4.22. The van der Waals surface area contributed by atoms with Crippen molar-refractivity contribution in [1.29, 1.82) is 0 Å². The number of ether oxygens (including phenoxy) is 2. The van der Waals surface area contributed by atoms with Gasteiger partial charge in [0.25, 0.3) is 5.91 Å². The van der Waals surface area contributed by atoms with Crippen molar-refractivity contribution >= 4 is 11.6 Å². The molecule has 1 aromatic rings. The summed E-state index contributed by atoms with van der Waals surface area (Å²) in [6.07, 6.45) is 1.55. The lowest BCUT2D eigenvalue weighted by atomic mass is 10.1. The number of methoxy groups -OCH3 is 2. The molecule has 0 bridgehead atoms. The zero-order valence-corrected chi connectivity index (χ0v) is 10.8. The Morgan fingerprint density at radius 2 is 2.06 bits per heavy atom. The minimum Gasteiger partial charge on any atom is -0.481 e. The van der Waals surface area contributed by atoms with Crippen molar-refractivity contribution in [2.24, 2.45) is 0 Å². The van der Waals surface area contributed by atoms with Gasteiger partial charge in [-0.1, -0.05) is 0 Å². The van der Waals surface area contributed by atoms with Gasteiger partial charge in [-0.05, 0) is 26.8 Å². The smallest absolute Gasteiger partial charge is 0.256 e. The highest BCUT2D eigenvalue weighted by Gasteiger charge is 2.27. The number of aromatic nitrogens is 1. The van der Waals surface area contributed by atoms with Crippen LogP contribution >= 0.6 is 0 Å². The van der Waals surface area contributed by atoms with Crippen LogP contribution in [0.4, 0.5) is 5.69 Å². The molecule has 94 valence electrons. The van der Waals surface area contributed by atoms with Crippen LogP contribution in [0, 0.1) is 6.92 Å². The fraction of sp³-hybridized carbons (Fsp3) is 0.500. The summed E-state index contributed by atoms with van der Waals surface area (Å²) in [7, 11) is 3.05. The van der Waals surface area contributed by atoms with Gasteiger partial charge in [-0.25, -0.2) is 4.98 Å². The average Bonchev–Trinajstić information content (AvgIpc) is 2.29. The van der Waals surface area contributed by atoms with Gasteiger partial charge >= 0.3 is 0 Å².